The third-order valence-electron chi connectivity index (χ3n) is 3.93. The van der Waals surface area contributed by atoms with Gasteiger partial charge in [-0.2, -0.15) is 0 Å². The standard InChI is InChI=1S/C22H17N5O2/c28-21(19-9-5-13-24-22(19)29-18-8-4-12-23-15-18)27-17-10-11-20(25-14-17)26-16-6-2-1-3-7-16/h1-15H,(H,25,26)(H,27,28). The maximum absolute atomic E-state index is 12.7. The molecule has 0 radical (unpaired) electrons. The molecule has 0 aliphatic rings. The Hall–Kier alpha value is -4.26. The van der Waals surface area contributed by atoms with Crippen LogP contribution in [0.15, 0.2) is 91.5 Å². The molecular formula is C22H17N5O2. The number of rotatable bonds is 6. The van der Waals surface area contributed by atoms with Crippen LogP contribution in [0.5, 0.6) is 11.6 Å². The van der Waals surface area contributed by atoms with Gasteiger partial charge in [0.1, 0.15) is 17.1 Å². The second kappa shape index (κ2) is 8.62. The summed E-state index contributed by atoms with van der Waals surface area (Å²) in [6.45, 7) is 0. The van der Waals surface area contributed by atoms with Crippen LogP contribution in [-0.2, 0) is 0 Å². The monoisotopic (exact) mass is 383 g/mol. The molecule has 3 aromatic heterocycles. The summed E-state index contributed by atoms with van der Waals surface area (Å²) in [5.41, 5.74) is 1.80. The lowest BCUT2D eigenvalue weighted by molar-refractivity contribution is 0.102. The second-order valence-corrected chi connectivity index (χ2v) is 6.02. The van der Waals surface area contributed by atoms with Crippen LogP contribution in [0.1, 0.15) is 10.4 Å². The van der Waals surface area contributed by atoms with E-state index >= 15 is 0 Å². The van der Waals surface area contributed by atoms with Gasteiger partial charge in [0.2, 0.25) is 5.88 Å². The number of ether oxygens (including phenoxy) is 1. The molecular weight excluding hydrogens is 366 g/mol. The first-order chi connectivity index (χ1) is 14.3. The Labute approximate surface area is 167 Å². The Kier molecular flexibility index (Phi) is 5.39. The number of hydrogen-bond donors (Lipinski definition) is 2. The molecule has 7 nitrogen and oxygen atoms in total. The van der Waals surface area contributed by atoms with E-state index in [2.05, 4.69) is 25.6 Å². The van der Waals surface area contributed by atoms with E-state index in [9.17, 15) is 4.79 Å². The van der Waals surface area contributed by atoms with Crippen molar-refractivity contribution in [3.63, 3.8) is 0 Å². The summed E-state index contributed by atoms with van der Waals surface area (Å²) in [4.78, 5) is 25.2. The highest BCUT2D eigenvalue weighted by atomic mass is 16.5. The molecule has 1 amide bonds. The first-order valence-electron chi connectivity index (χ1n) is 8.90. The van der Waals surface area contributed by atoms with Crippen molar-refractivity contribution >= 4 is 23.1 Å². The summed E-state index contributed by atoms with van der Waals surface area (Å²) in [5, 5.41) is 6.00. The molecule has 2 N–H and O–H groups in total. The lowest BCUT2D eigenvalue weighted by Gasteiger charge is -2.10. The Morgan fingerprint density at radius 2 is 1.66 bits per heavy atom. The van der Waals surface area contributed by atoms with Crippen LogP contribution >= 0.6 is 0 Å². The number of hydrogen-bond acceptors (Lipinski definition) is 6. The van der Waals surface area contributed by atoms with Gasteiger partial charge in [-0.05, 0) is 48.5 Å². The van der Waals surface area contributed by atoms with Crippen molar-refractivity contribution in [2.24, 2.45) is 0 Å². The molecule has 7 heteroatoms. The molecule has 29 heavy (non-hydrogen) atoms. The predicted molar refractivity (Wildman–Crippen MR) is 110 cm³/mol. The average molecular weight is 383 g/mol. The Morgan fingerprint density at radius 3 is 2.41 bits per heavy atom. The van der Waals surface area contributed by atoms with Gasteiger partial charge < -0.3 is 15.4 Å². The van der Waals surface area contributed by atoms with Gasteiger partial charge >= 0.3 is 0 Å². The van der Waals surface area contributed by atoms with Gasteiger partial charge in [0, 0.05) is 18.1 Å². The van der Waals surface area contributed by atoms with Gasteiger partial charge in [0.15, 0.2) is 0 Å². The lowest BCUT2D eigenvalue weighted by Crippen LogP contribution is -2.14. The van der Waals surface area contributed by atoms with E-state index in [1.165, 1.54) is 0 Å². The molecule has 4 rings (SSSR count). The highest BCUT2D eigenvalue weighted by molar-refractivity contribution is 6.05. The number of benzene rings is 1. The molecule has 0 aliphatic heterocycles. The summed E-state index contributed by atoms with van der Waals surface area (Å²) in [6, 6.07) is 20.1. The first kappa shape index (κ1) is 18.1. The first-order valence-corrected chi connectivity index (χ1v) is 8.90. The molecule has 4 aromatic rings. The van der Waals surface area contributed by atoms with E-state index in [4.69, 9.17) is 4.74 Å². The Morgan fingerprint density at radius 1 is 0.793 bits per heavy atom. The SMILES string of the molecule is O=C(Nc1ccc(Nc2ccccc2)nc1)c1cccnc1Oc1cccnc1. The number of nitrogens with one attached hydrogen (secondary N) is 2. The molecule has 1 aromatic carbocycles. The number of amides is 1. The zero-order valence-electron chi connectivity index (χ0n) is 15.3. The molecule has 0 atom stereocenters. The smallest absolute Gasteiger partial charge is 0.261 e. The summed E-state index contributed by atoms with van der Waals surface area (Å²) in [5.74, 6) is 1.03. The zero-order valence-corrected chi connectivity index (χ0v) is 15.3. The fraction of sp³-hybridized carbons (Fsp3) is 0. The van der Waals surface area contributed by atoms with Crippen LogP contribution in [0.2, 0.25) is 0 Å². The highest BCUT2D eigenvalue weighted by Crippen LogP contribution is 2.23. The fourth-order valence-corrected chi connectivity index (χ4v) is 2.57. The van der Waals surface area contributed by atoms with E-state index in [0.29, 0.717) is 22.8 Å². The number of para-hydroxylation sites is 1. The molecule has 0 bridgehead atoms. The summed E-state index contributed by atoms with van der Waals surface area (Å²) in [7, 11) is 0. The van der Waals surface area contributed by atoms with E-state index < -0.39 is 0 Å². The molecule has 0 aliphatic carbocycles. The number of nitrogens with zero attached hydrogens (tertiary/aromatic N) is 3. The third-order valence-corrected chi connectivity index (χ3v) is 3.93. The number of carbonyl (C=O) groups excluding carboxylic acids is 1. The van der Waals surface area contributed by atoms with Gasteiger partial charge in [0.05, 0.1) is 18.1 Å². The Balaban J connectivity index is 1.46. The van der Waals surface area contributed by atoms with Crippen molar-refractivity contribution in [3.8, 4) is 11.6 Å². The van der Waals surface area contributed by atoms with Crippen molar-refractivity contribution in [1.82, 2.24) is 15.0 Å². The number of anilines is 3. The van der Waals surface area contributed by atoms with Gasteiger partial charge in [-0.1, -0.05) is 18.2 Å². The van der Waals surface area contributed by atoms with Crippen LogP contribution in [0, 0.1) is 0 Å². The molecule has 0 saturated carbocycles. The van der Waals surface area contributed by atoms with E-state index in [0.717, 1.165) is 5.69 Å². The van der Waals surface area contributed by atoms with Crippen LogP contribution in [0.4, 0.5) is 17.2 Å². The predicted octanol–water partition coefficient (Wildman–Crippen LogP) is 4.66. The topological polar surface area (TPSA) is 89.0 Å². The van der Waals surface area contributed by atoms with Gasteiger partial charge in [0.25, 0.3) is 5.91 Å². The number of aromatic nitrogens is 3. The quantitative estimate of drug-likeness (QED) is 0.503. The van der Waals surface area contributed by atoms with Crippen LogP contribution < -0.4 is 15.4 Å². The fourth-order valence-electron chi connectivity index (χ4n) is 2.57. The minimum absolute atomic E-state index is 0.202. The molecule has 0 unspecified atom stereocenters. The summed E-state index contributed by atoms with van der Waals surface area (Å²) >= 11 is 0. The van der Waals surface area contributed by atoms with Crippen molar-refractivity contribution in [3.05, 3.63) is 97.1 Å². The molecule has 0 fully saturated rings. The summed E-state index contributed by atoms with van der Waals surface area (Å²) in [6.07, 6.45) is 6.34. The summed E-state index contributed by atoms with van der Waals surface area (Å²) < 4.78 is 5.69. The third kappa shape index (κ3) is 4.72. The van der Waals surface area contributed by atoms with Crippen LogP contribution in [-0.4, -0.2) is 20.9 Å². The lowest BCUT2D eigenvalue weighted by atomic mass is 10.2. The van der Waals surface area contributed by atoms with Crippen LogP contribution in [0.25, 0.3) is 0 Å². The maximum atomic E-state index is 12.7. The van der Waals surface area contributed by atoms with E-state index in [1.54, 1.807) is 61.2 Å². The van der Waals surface area contributed by atoms with Gasteiger partial charge in [-0.25, -0.2) is 9.97 Å². The van der Waals surface area contributed by atoms with Crippen LogP contribution in [0.3, 0.4) is 0 Å². The van der Waals surface area contributed by atoms with E-state index in [1.807, 2.05) is 30.3 Å². The van der Waals surface area contributed by atoms with Crippen molar-refractivity contribution in [1.29, 1.82) is 0 Å². The average Bonchev–Trinajstić information content (AvgIpc) is 2.77. The second-order valence-electron chi connectivity index (χ2n) is 6.02. The Bertz CT molecular complexity index is 1090. The molecule has 3 heterocycles. The van der Waals surface area contributed by atoms with Crippen molar-refractivity contribution in [2.75, 3.05) is 10.6 Å². The molecule has 0 saturated heterocycles. The van der Waals surface area contributed by atoms with E-state index in [-0.39, 0.29) is 11.8 Å². The minimum Gasteiger partial charge on any atom is -0.437 e. The van der Waals surface area contributed by atoms with Crippen molar-refractivity contribution < 1.29 is 9.53 Å². The van der Waals surface area contributed by atoms with Crippen molar-refractivity contribution in [2.45, 2.75) is 0 Å². The van der Waals surface area contributed by atoms with Gasteiger partial charge in [-0.3, -0.25) is 9.78 Å². The number of pyridine rings is 3. The highest BCUT2D eigenvalue weighted by Gasteiger charge is 2.15. The van der Waals surface area contributed by atoms with Gasteiger partial charge in [-0.15, -0.1) is 0 Å². The number of carbonyl (C=O) groups is 1. The normalized spacial score (nSPS) is 10.2. The maximum Gasteiger partial charge on any atom is 0.261 e. The molecule has 142 valence electrons. The minimum atomic E-state index is -0.345. The largest absolute Gasteiger partial charge is 0.437 e. The zero-order chi connectivity index (χ0) is 19.9. The molecule has 0 spiro atoms.